The summed E-state index contributed by atoms with van der Waals surface area (Å²) in [6.07, 6.45) is 3.45. The van der Waals surface area contributed by atoms with E-state index in [4.69, 9.17) is 17.3 Å². The van der Waals surface area contributed by atoms with Gasteiger partial charge in [-0.25, -0.2) is 4.79 Å². The Bertz CT molecular complexity index is 848. The van der Waals surface area contributed by atoms with Crippen LogP contribution in [0.5, 0.6) is 0 Å². The summed E-state index contributed by atoms with van der Waals surface area (Å²) in [6.45, 7) is 4.83. The number of amides is 3. The molecule has 3 rings (SSSR count). The van der Waals surface area contributed by atoms with Crippen LogP contribution in [0, 0.1) is 0 Å². The molecule has 1 aromatic heterocycles. The lowest BCUT2D eigenvalue weighted by molar-refractivity contribution is 0.1000. The first kappa shape index (κ1) is 20.5. The Balaban J connectivity index is 1.82. The van der Waals surface area contributed by atoms with Crippen molar-refractivity contribution >= 4 is 46.3 Å². The third-order valence-electron chi connectivity index (χ3n) is 4.86. The van der Waals surface area contributed by atoms with Crippen LogP contribution in [0.1, 0.15) is 41.4 Å². The topological polar surface area (TPSA) is 78.7 Å². The predicted molar refractivity (Wildman–Crippen MR) is 115 cm³/mol. The second-order valence-electron chi connectivity index (χ2n) is 6.79. The van der Waals surface area contributed by atoms with Crippen LogP contribution >= 0.6 is 22.9 Å². The van der Waals surface area contributed by atoms with Crippen molar-refractivity contribution in [3.05, 3.63) is 45.1 Å². The minimum absolute atomic E-state index is 0.216. The number of halogens is 1. The molecule has 8 heteroatoms. The van der Waals surface area contributed by atoms with Crippen LogP contribution in [-0.2, 0) is 6.54 Å². The van der Waals surface area contributed by atoms with E-state index < -0.39 is 5.91 Å². The number of nitrogens with zero attached hydrogens (tertiary/aromatic N) is 2. The van der Waals surface area contributed by atoms with Crippen LogP contribution < -0.4 is 16.0 Å². The maximum atomic E-state index is 12.9. The maximum absolute atomic E-state index is 12.9. The monoisotopic (exact) mass is 420 g/mol. The highest BCUT2D eigenvalue weighted by atomic mass is 35.5. The highest BCUT2D eigenvalue weighted by Gasteiger charge is 2.20. The SMILES string of the molecule is CCN(Cc1ccc(Cl)s1)C(=O)Nc1cc(C(N)=O)ccc1N1CCCCC1. The van der Waals surface area contributed by atoms with Crippen LogP contribution in [0.4, 0.5) is 16.2 Å². The summed E-state index contributed by atoms with van der Waals surface area (Å²) in [5.74, 6) is -0.513. The lowest BCUT2D eigenvalue weighted by atomic mass is 10.1. The van der Waals surface area contributed by atoms with Gasteiger partial charge in [0.2, 0.25) is 5.91 Å². The molecule has 28 heavy (non-hydrogen) atoms. The van der Waals surface area contributed by atoms with E-state index in [1.807, 2.05) is 25.1 Å². The first-order valence-corrected chi connectivity index (χ1v) is 10.7. The van der Waals surface area contributed by atoms with E-state index in [1.54, 1.807) is 17.0 Å². The molecule has 2 heterocycles. The third kappa shape index (κ3) is 4.97. The number of piperidine rings is 1. The first-order valence-electron chi connectivity index (χ1n) is 9.47. The fraction of sp³-hybridized carbons (Fsp3) is 0.400. The van der Waals surface area contributed by atoms with Crippen LogP contribution in [0.25, 0.3) is 0 Å². The van der Waals surface area contributed by atoms with Gasteiger partial charge in [-0.15, -0.1) is 11.3 Å². The quantitative estimate of drug-likeness (QED) is 0.719. The van der Waals surface area contributed by atoms with Crippen molar-refractivity contribution in [3.63, 3.8) is 0 Å². The zero-order valence-electron chi connectivity index (χ0n) is 15.9. The largest absolute Gasteiger partial charge is 0.370 e. The predicted octanol–water partition coefficient (Wildman–Crippen LogP) is 4.54. The number of nitrogens with one attached hydrogen (secondary N) is 1. The van der Waals surface area contributed by atoms with Gasteiger partial charge in [-0.1, -0.05) is 11.6 Å². The lowest BCUT2D eigenvalue weighted by Crippen LogP contribution is -2.35. The van der Waals surface area contributed by atoms with Crippen molar-refractivity contribution in [2.24, 2.45) is 5.73 Å². The summed E-state index contributed by atoms with van der Waals surface area (Å²) >= 11 is 7.46. The zero-order valence-corrected chi connectivity index (χ0v) is 17.5. The molecule has 1 aromatic carbocycles. The zero-order chi connectivity index (χ0) is 20.1. The molecular formula is C20H25ClN4O2S. The number of thiophene rings is 1. The molecule has 1 fully saturated rings. The van der Waals surface area contributed by atoms with Gasteiger partial charge in [-0.05, 0) is 56.5 Å². The fourth-order valence-electron chi connectivity index (χ4n) is 3.35. The summed E-state index contributed by atoms with van der Waals surface area (Å²) in [4.78, 5) is 29.5. The smallest absolute Gasteiger partial charge is 0.322 e. The molecule has 1 aliphatic heterocycles. The standard InChI is InChI=1S/C20H25ClN4O2S/c1-2-24(13-15-7-9-18(21)28-15)20(27)23-16-12-14(19(22)26)6-8-17(16)25-10-4-3-5-11-25/h6-9,12H,2-5,10-11,13H2,1H3,(H2,22,26)(H,23,27). The van der Waals surface area contributed by atoms with Crippen LogP contribution in [0.3, 0.4) is 0 Å². The third-order valence-corrected chi connectivity index (χ3v) is 6.08. The average molecular weight is 421 g/mol. The van der Waals surface area contributed by atoms with Crippen LogP contribution in [-0.4, -0.2) is 36.5 Å². The van der Waals surface area contributed by atoms with Crippen LogP contribution in [0.2, 0.25) is 4.34 Å². The Morgan fingerprint density at radius 3 is 2.57 bits per heavy atom. The van der Waals surface area contributed by atoms with E-state index in [0.717, 1.165) is 36.5 Å². The van der Waals surface area contributed by atoms with Gasteiger partial charge in [0, 0.05) is 30.1 Å². The maximum Gasteiger partial charge on any atom is 0.322 e. The molecular weight excluding hydrogens is 396 g/mol. The molecule has 0 aliphatic carbocycles. The van der Waals surface area contributed by atoms with Crippen molar-refractivity contribution in [2.75, 3.05) is 29.9 Å². The summed E-state index contributed by atoms with van der Waals surface area (Å²) in [5.41, 5.74) is 7.37. The van der Waals surface area contributed by atoms with Crippen molar-refractivity contribution in [3.8, 4) is 0 Å². The number of benzene rings is 1. The summed E-state index contributed by atoms with van der Waals surface area (Å²) in [5, 5.41) is 2.99. The number of rotatable bonds is 6. The van der Waals surface area contributed by atoms with Gasteiger partial charge in [0.15, 0.2) is 0 Å². The van der Waals surface area contributed by atoms with Crippen molar-refractivity contribution in [2.45, 2.75) is 32.7 Å². The van der Waals surface area contributed by atoms with E-state index in [-0.39, 0.29) is 6.03 Å². The Hall–Kier alpha value is -2.25. The average Bonchev–Trinajstić information content (AvgIpc) is 3.11. The van der Waals surface area contributed by atoms with Crippen molar-refractivity contribution < 1.29 is 9.59 Å². The van der Waals surface area contributed by atoms with E-state index >= 15 is 0 Å². The molecule has 6 nitrogen and oxygen atoms in total. The number of urea groups is 1. The van der Waals surface area contributed by atoms with Gasteiger partial charge in [0.25, 0.3) is 0 Å². The molecule has 2 aromatic rings. The van der Waals surface area contributed by atoms with E-state index in [2.05, 4.69) is 10.2 Å². The first-order chi connectivity index (χ1) is 13.5. The Morgan fingerprint density at radius 1 is 1.21 bits per heavy atom. The van der Waals surface area contributed by atoms with Crippen molar-refractivity contribution in [1.82, 2.24) is 4.90 Å². The minimum Gasteiger partial charge on any atom is -0.370 e. The Morgan fingerprint density at radius 2 is 1.96 bits per heavy atom. The number of carbonyl (C=O) groups excluding carboxylic acids is 2. The highest BCUT2D eigenvalue weighted by molar-refractivity contribution is 7.16. The summed E-state index contributed by atoms with van der Waals surface area (Å²) < 4.78 is 0.702. The van der Waals surface area contributed by atoms with Gasteiger partial charge in [0.05, 0.1) is 22.3 Å². The molecule has 0 bridgehead atoms. The molecule has 3 N–H and O–H groups in total. The molecule has 1 saturated heterocycles. The molecule has 3 amide bonds. The minimum atomic E-state index is -0.513. The van der Waals surface area contributed by atoms with Gasteiger partial charge < -0.3 is 20.9 Å². The second-order valence-corrected chi connectivity index (χ2v) is 8.59. The Labute approximate surface area is 174 Å². The molecule has 0 atom stereocenters. The Kier molecular flexibility index (Phi) is 6.80. The van der Waals surface area contributed by atoms with Gasteiger partial charge in [-0.2, -0.15) is 0 Å². The summed E-state index contributed by atoms with van der Waals surface area (Å²) in [6, 6.07) is 8.80. The molecule has 150 valence electrons. The lowest BCUT2D eigenvalue weighted by Gasteiger charge is -2.31. The van der Waals surface area contributed by atoms with Gasteiger partial charge >= 0.3 is 6.03 Å². The fourth-order valence-corrected chi connectivity index (χ4v) is 4.45. The van der Waals surface area contributed by atoms with E-state index in [1.165, 1.54) is 17.8 Å². The molecule has 1 aliphatic rings. The second kappa shape index (κ2) is 9.30. The van der Waals surface area contributed by atoms with E-state index in [0.29, 0.717) is 28.7 Å². The molecule has 0 radical (unpaired) electrons. The van der Waals surface area contributed by atoms with Crippen LogP contribution in [0.15, 0.2) is 30.3 Å². The number of hydrogen-bond donors (Lipinski definition) is 2. The highest BCUT2D eigenvalue weighted by Crippen LogP contribution is 2.30. The molecule has 0 unspecified atom stereocenters. The van der Waals surface area contributed by atoms with Gasteiger partial charge in [-0.3, -0.25) is 4.79 Å². The number of hydrogen-bond acceptors (Lipinski definition) is 4. The summed E-state index contributed by atoms with van der Waals surface area (Å²) in [7, 11) is 0. The van der Waals surface area contributed by atoms with E-state index in [9.17, 15) is 9.59 Å². The number of primary amides is 1. The number of nitrogens with two attached hydrogens (primary N) is 1. The van der Waals surface area contributed by atoms with Gasteiger partial charge in [0.1, 0.15) is 0 Å². The van der Waals surface area contributed by atoms with Crippen molar-refractivity contribution in [1.29, 1.82) is 0 Å². The molecule has 0 saturated carbocycles. The number of anilines is 2. The normalized spacial score (nSPS) is 14.0. The molecule has 0 spiro atoms. The number of carbonyl (C=O) groups is 2.